The van der Waals surface area contributed by atoms with E-state index in [2.05, 4.69) is 20.8 Å². The first-order valence-corrected chi connectivity index (χ1v) is 10.6. The molecule has 0 aromatic rings. The second-order valence-corrected chi connectivity index (χ2v) is 8.96. The Balaban J connectivity index is 2.48. The lowest BCUT2D eigenvalue weighted by molar-refractivity contribution is -0.312. The molecule has 2 aliphatic rings. The number of fused-ring (bicyclic) bond motifs is 2. The molecule has 0 amide bonds. The summed E-state index contributed by atoms with van der Waals surface area (Å²) >= 11 is 0. The molecule has 2 rings (SSSR count). The Kier molecular flexibility index (Phi) is 7.97. The maximum absolute atomic E-state index is 14.0. The van der Waals surface area contributed by atoms with E-state index in [1.165, 1.54) is 6.92 Å². The smallest absolute Gasteiger partial charge is 0.404 e. The van der Waals surface area contributed by atoms with Gasteiger partial charge in [0.05, 0.1) is 0 Å². The van der Waals surface area contributed by atoms with Gasteiger partial charge >= 0.3 is 47.6 Å². The normalized spacial score (nSPS) is 23.3. The van der Waals surface area contributed by atoms with Gasteiger partial charge in [0, 0.05) is 31.3 Å². The Morgan fingerprint density at radius 3 is 1.73 bits per heavy atom. The van der Waals surface area contributed by atoms with Gasteiger partial charge in [-0.05, 0) is 26.2 Å². The molecule has 210 valence electrons. The van der Waals surface area contributed by atoms with Gasteiger partial charge in [-0.25, -0.2) is 19.2 Å². The lowest BCUT2D eigenvalue weighted by Gasteiger charge is -2.42. The van der Waals surface area contributed by atoms with Crippen LogP contribution < -0.4 is 0 Å². The fraction of sp³-hybridized carbons (Fsp3) is 0.714. The summed E-state index contributed by atoms with van der Waals surface area (Å²) in [7, 11) is 0. The number of esters is 4. The SMILES string of the molecule is C=C(C)C(=O)OCC(=O)OC1C2CCC(C2)C1(OC(=O)C(F)(F)C(C)(F)F)OC(=O)C(F)(F)C(C)(F)F. The second-order valence-electron chi connectivity index (χ2n) is 8.96. The van der Waals surface area contributed by atoms with E-state index < -0.39 is 77.9 Å². The Labute approximate surface area is 204 Å². The van der Waals surface area contributed by atoms with Crippen molar-refractivity contribution in [3.8, 4) is 0 Å². The highest BCUT2D eigenvalue weighted by Gasteiger charge is 2.72. The van der Waals surface area contributed by atoms with Crippen LogP contribution in [-0.4, -0.2) is 66.1 Å². The molecule has 3 unspecified atom stereocenters. The highest BCUT2D eigenvalue weighted by atomic mass is 19.3. The molecule has 2 saturated carbocycles. The van der Waals surface area contributed by atoms with Crippen molar-refractivity contribution in [1.82, 2.24) is 0 Å². The largest absolute Gasteiger partial charge is 0.451 e. The third-order valence-electron chi connectivity index (χ3n) is 5.91. The van der Waals surface area contributed by atoms with Crippen molar-refractivity contribution >= 4 is 23.9 Å². The molecule has 0 N–H and O–H groups in total. The van der Waals surface area contributed by atoms with Crippen molar-refractivity contribution in [3.63, 3.8) is 0 Å². The summed E-state index contributed by atoms with van der Waals surface area (Å²) in [6.45, 7) is 2.55. The summed E-state index contributed by atoms with van der Waals surface area (Å²) in [6, 6.07) is 0. The van der Waals surface area contributed by atoms with E-state index in [1.54, 1.807) is 0 Å². The van der Waals surface area contributed by atoms with Crippen molar-refractivity contribution in [2.45, 2.75) is 75.6 Å². The van der Waals surface area contributed by atoms with E-state index in [4.69, 9.17) is 4.74 Å². The summed E-state index contributed by atoms with van der Waals surface area (Å²) in [5, 5.41) is 0. The molecule has 37 heavy (non-hydrogen) atoms. The minimum atomic E-state index is -5.60. The van der Waals surface area contributed by atoms with Crippen molar-refractivity contribution in [3.05, 3.63) is 12.2 Å². The van der Waals surface area contributed by atoms with Gasteiger partial charge < -0.3 is 18.9 Å². The molecule has 2 bridgehead atoms. The van der Waals surface area contributed by atoms with Crippen LogP contribution in [0.15, 0.2) is 12.2 Å². The first-order chi connectivity index (χ1) is 16.6. The van der Waals surface area contributed by atoms with E-state index in [1.807, 2.05) is 0 Å². The van der Waals surface area contributed by atoms with Gasteiger partial charge in [-0.3, -0.25) is 0 Å². The van der Waals surface area contributed by atoms with Crippen molar-refractivity contribution in [1.29, 1.82) is 0 Å². The van der Waals surface area contributed by atoms with Gasteiger partial charge in [-0.1, -0.05) is 6.58 Å². The minimum absolute atomic E-state index is 0.0612. The first-order valence-electron chi connectivity index (χ1n) is 10.6. The van der Waals surface area contributed by atoms with Crippen LogP contribution in [0.1, 0.15) is 40.0 Å². The van der Waals surface area contributed by atoms with E-state index in [0.717, 1.165) is 0 Å². The molecule has 16 heteroatoms. The summed E-state index contributed by atoms with van der Waals surface area (Å²) in [5.74, 6) is -35.9. The average Bonchev–Trinajstić information content (AvgIpc) is 3.32. The Hall–Kier alpha value is -2.94. The molecule has 0 radical (unpaired) electrons. The van der Waals surface area contributed by atoms with Crippen molar-refractivity contribution in [2.75, 3.05) is 6.61 Å². The number of rotatable bonds is 10. The zero-order valence-corrected chi connectivity index (χ0v) is 19.6. The molecule has 0 heterocycles. The summed E-state index contributed by atoms with van der Waals surface area (Å²) < 4.78 is 128. The van der Waals surface area contributed by atoms with Crippen LogP contribution >= 0.6 is 0 Å². The molecule has 0 aliphatic heterocycles. The van der Waals surface area contributed by atoms with Gasteiger partial charge in [0.2, 0.25) is 0 Å². The molecule has 0 saturated heterocycles. The zero-order chi connectivity index (χ0) is 28.8. The third-order valence-corrected chi connectivity index (χ3v) is 5.91. The molecule has 0 aromatic carbocycles. The van der Waals surface area contributed by atoms with Crippen LogP contribution in [0.3, 0.4) is 0 Å². The summed E-state index contributed by atoms with van der Waals surface area (Å²) in [5.41, 5.74) is -0.157. The predicted octanol–water partition coefficient (Wildman–Crippen LogP) is 3.81. The minimum Gasteiger partial charge on any atom is -0.451 e. The highest BCUT2D eigenvalue weighted by Crippen LogP contribution is 2.56. The summed E-state index contributed by atoms with van der Waals surface area (Å²) in [4.78, 5) is 47.9. The number of carbonyl (C=O) groups is 4. The van der Waals surface area contributed by atoms with Gasteiger partial charge in [-0.15, -0.1) is 0 Å². The zero-order valence-electron chi connectivity index (χ0n) is 19.6. The first kappa shape index (κ1) is 30.3. The number of halogens is 8. The number of hydrogen-bond acceptors (Lipinski definition) is 8. The Morgan fingerprint density at radius 1 is 0.865 bits per heavy atom. The lowest BCUT2D eigenvalue weighted by atomic mass is 9.90. The molecule has 3 atom stereocenters. The van der Waals surface area contributed by atoms with Crippen molar-refractivity contribution < 1.29 is 73.2 Å². The van der Waals surface area contributed by atoms with Gasteiger partial charge in [-0.2, -0.15) is 35.1 Å². The predicted molar refractivity (Wildman–Crippen MR) is 103 cm³/mol. The van der Waals surface area contributed by atoms with Gasteiger partial charge in [0.1, 0.15) is 0 Å². The third kappa shape index (κ3) is 5.66. The fourth-order valence-electron chi connectivity index (χ4n) is 3.90. The lowest BCUT2D eigenvalue weighted by Crippen LogP contribution is -2.61. The van der Waals surface area contributed by atoms with Gasteiger partial charge in [0.25, 0.3) is 5.79 Å². The Morgan fingerprint density at radius 2 is 1.32 bits per heavy atom. The molecular formula is C21H22F8O8. The number of alkyl halides is 8. The maximum atomic E-state index is 14.0. The highest BCUT2D eigenvalue weighted by molar-refractivity contribution is 5.88. The van der Waals surface area contributed by atoms with Crippen LogP contribution in [0.2, 0.25) is 0 Å². The van der Waals surface area contributed by atoms with Crippen LogP contribution in [-0.2, 0) is 38.1 Å². The summed E-state index contributed by atoms with van der Waals surface area (Å²) in [6.07, 6.45) is -2.60. The average molecular weight is 554 g/mol. The number of hydrogen-bond donors (Lipinski definition) is 0. The Bertz CT molecular complexity index is 929. The van der Waals surface area contributed by atoms with E-state index >= 15 is 0 Å². The van der Waals surface area contributed by atoms with Crippen LogP contribution in [0.25, 0.3) is 0 Å². The second kappa shape index (κ2) is 9.74. The number of carbonyl (C=O) groups excluding carboxylic acids is 4. The maximum Gasteiger partial charge on any atom is 0.404 e. The topological polar surface area (TPSA) is 105 Å². The fourth-order valence-corrected chi connectivity index (χ4v) is 3.90. The number of ether oxygens (including phenoxy) is 4. The van der Waals surface area contributed by atoms with Crippen molar-refractivity contribution in [2.24, 2.45) is 11.8 Å². The molecular weight excluding hydrogens is 532 g/mol. The molecule has 0 aromatic heterocycles. The van der Waals surface area contributed by atoms with E-state index in [-0.39, 0.29) is 38.7 Å². The molecule has 8 nitrogen and oxygen atoms in total. The molecule has 2 aliphatic carbocycles. The standard InChI is InChI=1S/C21H22F8O8/c1-9(2)14(31)34-8-12(30)35-13-10-5-6-11(7-10)19(13,36-15(32)20(26,27)17(3,22)23)37-16(33)21(28,29)18(4,24)25/h10-11,13H,1,5-8H2,2-4H3. The molecule has 2 fully saturated rings. The van der Waals surface area contributed by atoms with E-state index in [0.29, 0.717) is 0 Å². The van der Waals surface area contributed by atoms with Gasteiger partial charge in [0.15, 0.2) is 12.7 Å². The van der Waals surface area contributed by atoms with E-state index in [9.17, 15) is 54.3 Å². The van der Waals surface area contributed by atoms with Crippen LogP contribution in [0, 0.1) is 11.8 Å². The molecule has 0 spiro atoms. The van der Waals surface area contributed by atoms with Crippen LogP contribution in [0.4, 0.5) is 35.1 Å². The van der Waals surface area contributed by atoms with Crippen LogP contribution in [0.5, 0.6) is 0 Å². The monoisotopic (exact) mass is 554 g/mol. The quantitative estimate of drug-likeness (QED) is 0.132.